The summed E-state index contributed by atoms with van der Waals surface area (Å²) >= 11 is 0. The fraction of sp³-hybridized carbons (Fsp3) is 0.0833. The van der Waals surface area contributed by atoms with E-state index in [1.165, 1.54) is 17.0 Å². The Hall–Kier alpha value is -3.73. The summed E-state index contributed by atoms with van der Waals surface area (Å²) in [4.78, 5) is 28.3. The van der Waals surface area contributed by atoms with E-state index in [4.69, 9.17) is 4.42 Å². The van der Waals surface area contributed by atoms with E-state index in [1.807, 2.05) is 31.2 Å². The largest absolute Gasteiger partial charge is 0.450 e. The van der Waals surface area contributed by atoms with Crippen LogP contribution < -0.4 is 10.3 Å². The molecule has 0 saturated heterocycles. The van der Waals surface area contributed by atoms with Crippen molar-refractivity contribution < 1.29 is 13.6 Å². The molecule has 0 N–H and O–H groups in total. The number of halogens is 1. The van der Waals surface area contributed by atoms with Gasteiger partial charge in [0.25, 0.3) is 5.91 Å². The average Bonchev–Trinajstić information content (AvgIpc) is 3.03. The molecule has 1 atom stereocenters. The molecule has 0 radical (unpaired) electrons. The minimum atomic E-state index is -0.693. The Bertz CT molecular complexity index is 1310. The van der Waals surface area contributed by atoms with Crippen LogP contribution in [-0.4, -0.2) is 5.91 Å². The summed E-state index contributed by atoms with van der Waals surface area (Å²) < 4.78 is 19.5. The molecule has 4 nitrogen and oxygen atoms in total. The van der Waals surface area contributed by atoms with Gasteiger partial charge in [0.2, 0.25) is 5.76 Å². The maximum atomic E-state index is 13.5. The van der Waals surface area contributed by atoms with Crippen LogP contribution in [-0.2, 0) is 0 Å². The molecule has 142 valence electrons. The number of benzene rings is 3. The number of amides is 1. The number of hydrogen-bond acceptors (Lipinski definition) is 3. The normalized spacial score (nSPS) is 15.7. The minimum Gasteiger partial charge on any atom is -0.450 e. The van der Waals surface area contributed by atoms with Crippen molar-refractivity contribution in [3.05, 3.63) is 111 Å². The van der Waals surface area contributed by atoms with E-state index in [1.54, 1.807) is 36.4 Å². The van der Waals surface area contributed by atoms with E-state index in [9.17, 15) is 14.0 Å². The van der Waals surface area contributed by atoms with Gasteiger partial charge in [-0.2, -0.15) is 0 Å². The van der Waals surface area contributed by atoms with Crippen molar-refractivity contribution in [1.82, 2.24) is 0 Å². The van der Waals surface area contributed by atoms with E-state index in [0.717, 1.165) is 5.56 Å². The standard InChI is InChI=1S/C24H16FNO3/c1-14-7-12-19-18(13-14)22(27)20-21(15-8-10-16(25)11-9-15)26(24(28)23(20)29-19)17-5-3-2-4-6-17/h2-13,21H,1H3. The lowest BCUT2D eigenvalue weighted by atomic mass is 9.98. The molecule has 0 fully saturated rings. The molecule has 1 aromatic heterocycles. The fourth-order valence-electron chi connectivity index (χ4n) is 3.90. The summed E-state index contributed by atoms with van der Waals surface area (Å²) in [5.41, 5.74) is 2.61. The summed E-state index contributed by atoms with van der Waals surface area (Å²) in [6, 6.07) is 19.6. The molecular weight excluding hydrogens is 369 g/mol. The number of carbonyl (C=O) groups excluding carboxylic acids is 1. The van der Waals surface area contributed by atoms with Crippen LogP contribution in [0.15, 0.2) is 82.0 Å². The Morgan fingerprint density at radius 1 is 0.931 bits per heavy atom. The van der Waals surface area contributed by atoms with Gasteiger partial charge in [0.15, 0.2) is 5.43 Å². The summed E-state index contributed by atoms with van der Waals surface area (Å²) in [7, 11) is 0. The van der Waals surface area contributed by atoms with Crippen LogP contribution in [0.2, 0.25) is 0 Å². The highest BCUT2D eigenvalue weighted by molar-refractivity contribution is 6.10. The Morgan fingerprint density at radius 3 is 2.38 bits per heavy atom. The molecule has 4 aromatic rings. The summed E-state index contributed by atoms with van der Waals surface area (Å²) in [6.45, 7) is 1.89. The minimum absolute atomic E-state index is 0.0320. The molecule has 5 heteroatoms. The third kappa shape index (κ3) is 2.66. The lowest BCUT2D eigenvalue weighted by Gasteiger charge is -2.25. The van der Waals surface area contributed by atoms with Gasteiger partial charge in [-0.05, 0) is 48.9 Å². The molecule has 0 saturated carbocycles. The Labute approximate surface area is 165 Å². The van der Waals surface area contributed by atoms with Crippen molar-refractivity contribution >= 4 is 22.6 Å². The molecule has 29 heavy (non-hydrogen) atoms. The van der Waals surface area contributed by atoms with Gasteiger partial charge in [-0.15, -0.1) is 0 Å². The van der Waals surface area contributed by atoms with E-state index in [-0.39, 0.29) is 28.5 Å². The summed E-state index contributed by atoms with van der Waals surface area (Å²) in [5, 5.41) is 0.429. The highest BCUT2D eigenvalue weighted by Crippen LogP contribution is 2.41. The van der Waals surface area contributed by atoms with Crippen molar-refractivity contribution in [1.29, 1.82) is 0 Å². The predicted molar refractivity (Wildman–Crippen MR) is 109 cm³/mol. The second-order valence-corrected chi connectivity index (χ2v) is 7.14. The lowest BCUT2D eigenvalue weighted by Crippen LogP contribution is -2.29. The summed E-state index contributed by atoms with van der Waals surface area (Å²) in [6.07, 6.45) is 0. The van der Waals surface area contributed by atoms with E-state index in [0.29, 0.717) is 22.2 Å². The van der Waals surface area contributed by atoms with Crippen molar-refractivity contribution in [3.63, 3.8) is 0 Å². The van der Waals surface area contributed by atoms with Crippen LogP contribution in [0.3, 0.4) is 0 Å². The van der Waals surface area contributed by atoms with Crippen LogP contribution in [0, 0.1) is 12.7 Å². The smallest absolute Gasteiger partial charge is 0.295 e. The molecule has 0 aliphatic carbocycles. The lowest BCUT2D eigenvalue weighted by molar-refractivity contribution is 0.0971. The zero-order valence-electron chi connectivity index (χ0n) is 15.6. The third-order valence-corrected chi connectivity index (χ3v) is 5.25. The van der Waals surface area contributed by atoms with E-state index in [2.05, 4.69) is 0 Å². The second-order valence-electron chi connectivity index (χ2n) is 7.14. The molecule has 3 aromatic carbocycles. The first-order valence-electron chi connectivity index (χ1n) is 9.26. The highest BCUT2D eigenvalue weighted by Gasteiger charge is 2.43. The molecule has 5 rings (SSSR count). The predicted octanol–water partition coefficient (Wildman–Crippen LogP) is 4.99. The number of aryl methyl sites for hydroxylation is 1. The van der Waals surface area contributed by atoms with Crippen molar-refractivity contribution in [2.45, 2.75) is 13.0 Å². The van der Waals surface area contributed by atoms with Crippen LogP contribution in [0.25, 0.3) is 11.0 Å². The van der Waals surface area contributed by atoms with Crippen LogP contribution in [0.5, 0.6) is 0 Å². The molecule has 1 amide bonds. The first-order valence-corrected chi connectivity index (χ1v) is 9.26. The Kier molecular flexibility index (Phi) is 3.84. The molecule has 2 heterocycles. The first-order chi connectivity index (χ1) is 14.0. The average molecular weight is 385 g/mol. The Balaban J connectivity index is 1.83. The van der Waals surface area contributed by atoms with E-state index >= 15 is 0 Å². The maximum absolute atomic E-state index is 13.5. The molecule has 1 unspecified atom stereocenters. The van der Waals surface area contributed by atoms with Gasteiger partial charge in [-0.25, -0.2) is 4.39 Å². The van der Waals surface area contributed by atoms with Crippen LogP contribution in [0.1, 0.15) is 33.3 Å². The van der Waals surface area contributed by atoms with Crippen molar-refractivity contribution in [3.8, 4) is 0 Å². The highest BCUT2D eigenvalue weighted by atomic mass is 19.1. The van der Waals surface area contributed by atoms with Crippen molar-refractivity contribution in [2.75, 3.05) is 4.90 Å². The second kappa shape index (κ2) is 6.41. The number of hydrogen-bond donors (Lipinski definition) is 0. The van der Waals surface area contributed by atoms with Crippen LogP contribution in [0.4, 0.5) is 10.1 Å². The molecular formula is C24H16FNO3. The zero-order chi connectivity index (χ0) is 20.1. The zero-order valence-corrected chi connectivity index (χ0v) is 15.6. The van der Waals surface area contributed by atoms with Gasteiger partial charge in [0, 0.05) is 5.69 Å². The number of fused-ring (bicyclic) bond motifs is 2. The molecule has 1 aliphatic heterocycles. The van der Waals surface area contributed by atoms with Gasteiger partial charge in [-0.3, -0.25) is 14.5 Å². The number of carbonyl (C=O) groups is 1. The van der Waals surface area contributed by atoms with Gasteiger partial charge in [-0.1, -0.05) is 42.0 Å². The van der Waals surface area contributed by atoms with E-state index < -0.39 is 6.04 Å². The molecule has 1 aliphatic rings. The van der Waals surface area contributed by atoms with Gasteiger partial charge in [0.05, 0.1) is 17.0 Å². The number of rotatable bonds is 2. The Morgan fingerprint density at radius 2 is 1.66 bits per heavy atom. The van der Waals surface area contributed by atoms with Gasteiger partial charge >= 0.3 is 0 Å². The monoisotopic (exact) mass is 385 g/mol. The summed E-state index contributed by atoms with van der Waals surface area (Å²) in [5.74, 6) is -0.740. The number of para-hydroxylation sites is 1. The van der Waals surface area contributed by atoms with Crippen molar-refractivity contribution in [2.24, 2.45) is 0 Å². The third-order valence-electron chi connectivity index (χ3n) is 5.25. The van der Waals surface area contributed by atoms with Gasteiger partial charge in [0.1, 0.15) is 11.4 Å². The quantitative estimate of drug-likeness (QED) is 0.488. The number of nitrogens with zero attached hydrogens (tertiary/aromatic N) is 1. The van der Waals surface area contributed by atoms with Crippen LogP contribution >= 0.6 is 0 Å². The SMILES string of the molecule is Cc1ccc2oc3c(c(=O)c2c1)C(c1ccc(F)cc1)N(c1ccccc1)C3=O. The molecule has 0 bridgehead atoms. The first kappa shape index (κ1) is 17.4. The number of anilines is 1. The topological polar surface area (TPSA) is 50.5 Å². The molecule has 0 spiro atoms. The fourth-order valence-corrected chi connectivity index (χ4v) is 3.90. The van der Waals surface area contributed by atoms with Gasteiger partial charge < -0.3 is 4.42 Å². The maximum Gasteiger partial charge on any atom is 0.295 e.